The van der Waals surface area contributed by atoms with Crippen molar-refractivity contribution in [2.75, 3.05) is 31.1 Å². The molecule has 1 saturated heterocycles. The number of hydrogen-bond donors (Lipinski definition) is 2. The van der Waals surface area contributed by atoms with Crippen LogP contribution in [0.2, 0.25) is 0 Å². The summed E-state index contributed by atoms with van der Waals surface area (Å²) in [5.41, 5.74) is 7.22. The van der Waals surface area contributed by atoms with E-state index in [0.717, 1.165) is 31.7 Å². The molecule has 0 spiro atoms. The number of nitrogens with two attached hydrogens (primary N) is 1. The van der Waals surface area contributed by atoms with Gasteiger partial charge in [-0.15, -0.1) is 0 Å². The zero-order valence-electron chi connectivity index (χ0n) is 10.7. The highest BCUT2D eigenvalue weighted by Crippen LogP contribution is 2.23. The predicted octanol–water partition coefficient (Wildman–Crippen LogP) is 0.616. The minimum Gasteiger partial charge on any atom is -0.371 e. The summed E-state index contributed by atoms with van der Waals surface area (Å²) in [4.78, 5) is 18.1. The molecule has 5 heteroatoms. The average molecular weight is 248 g/mol. The number of carbonyl (C=O) groups is 1. The zero-order chi connectivity index (χ0) is 13.0. The first kappa shape index (κ1) is 12.8. The largest absolute Gasteiger partial charge is 0.371 e. The standard InChI is InChI=1S/C13H20N4O/c1-2-15-13(18)12-7-11(3-5-16-12)17-6-4-10(8-14)9-17/h3,5,7,10H,2,4,6,8-9,14H2,1H3,(H,15,18). The van der Waals surface area contributed by atoms with Crippen LogP contribution in [0.1, 0.15) is 23.8 Å². The normalized spacial score (nSPS) is 19.0. The fourth-order valence-electron chi connectivity index (χ4n) is 2.25. The van der Waals surface area contributed by atoms with Gasteiger partial charge in [0.05, 0.1) is 0 Å². The van der Waals surface area contributed by atoms with Gasteiger partial charge in [0, 0.05) is 31.5 Å². The number of nitrogens with zero attached hydrogens (tertiary/aromatic N) is 2. The highest BCUT2D eigenvalue weighted by molar-refractivity contribution is 5.93. The number of aromatic nitrogens is 1. The monoisotopic (exact) mass is 248 g/mol. The Balaban J connectivity index is 2.10. The van der Waals surface area contributed by atoms with Crippen LogP contribution in [0.25, 0.3) is 0 Å². The number of hydrogen-bond acceptors (Lipinski definition) is 4. The van der Waals surface area contributed by atoms with Gasteiger partial charge in [-0.1, -0.05) is 0 Å². The molecular weight excluding hydrogens is 228 g/mol. The summed E-state index contributed by atoms with van der Waals surface area (Å²) in [6, 6.07) is 3.80. The average Bonchev–Trinajstić information content (AvgIpc) is 2.88. The van der Waals surface area contributed by atoms with Gasteiger partial charge in [-0.05, 0) is 37.9 Å². The number of carbonyl (C=O) groups excluding carboxylic acids is 1. The summed E-state index contributed by atoms with van der Waals surface area (Å²) in [6.45, 7) is 5.21. The van der Waals surface area contributed by atoms with Gasteiger partial charge in [0.1, 0.15) is 5.69 Å². The minimum absolute atomic E-state index is 0.117. The van der Waals surface area contributed by atoms with Crippen LogP contribution >= 0.6 is 0 Å². The van der Waals surface area contributed by atoms with Crippen LogP contribution in [0.3, 0.4) is 0 Å². The third kappa shape index (κ3) is 2.79. The van der Waals surface area contributed by atoms with Crippen molar-refractivity contribution < 1.29 is 4.79 Å². The van der Waals surface area contributed by atoms with Crippen LogP contribution in [0.4, 0.5) is 5.69 Å². The molecule has 0 aromatic carbocycles. The van der Waals surface area contributed by atoms with Crippen molar-refractivity contribution >= 4 is 11.6 Å². The van der Waals surface area contributed by atoms with Crippen LogP contribution < -0.4 is 16.0 Å². The van der Waals surface area contributed by atoms with E-state index in [1.807, 2.05) is 19.1 Å². The van der Waals surface area contributed by atoms with E-state index < -0.39 is 0 Å². The zero-order valence-corrected chi connectivity index (χ0v) is 10.7. The second-order valence-corrected chi connectivity index (χ2v) is 4.60. The van der Waals surface area contributed by atoms with Crippen molar-refractivity contribution in [3.05, 3.63) is 24.0 Å². The lowest BCUT2D eigenvalue weighted by atomic mass is 10.1. The number of amides is 1. The van der Waals surface area contributed by atoms with E-state index in [-0.39, 0.29) is 5.91 Å². The summed E-state index contributed by atoms with van der Waals surface area (Å²) in [5, 5.41) is 2.76. The maximum Gasteiger partial charge on any atom is 0.269 e. The molecule has 2 rings (SSSR count). The van der Waals surface area contributed by atoms with Crippen molar-refractivity contribution in [2.45, 2.75) is 13.3 Å². The Labute approximate surface area is 107 Å². The molecule has 1 fully saturated rings. The van der Waals surface area contributed by atoms with E-state index >= 15 is 0 Å². The summed E-state index contributed by atoms with van der Waals surface area (Å²) in [7, 11) is 0. The molecule has 1 aromatic heterocycles. The van der Waals surface area contributed by atoms with Crippen LogP contribution in [0.15, 0.2) is 18.3 Å². The number of nitrogens with one attached hydrogen (secondary N) is 1. The van der Waals surface area contributed by atoms with Gasteiger partial charge in [0.15, 0.2) is 0 Å². The lowest BCUT2D eigenvalue weighted by Crippen LogP contribution is -2.25. The van der Waals surface area contributed by atoms with E-state index in [4.69, 9.17) is 5.73 Å². The van der Waals surface area contributed by atoms with Crippen molar-refractivity contribution in [3.63, 3.8) is 0 Å². The summed E-state index contributed by atoms with van der Waals surface area (Å²) >= 11 is 0. The fraction of sp³-hybridized carbons (Fsp3) is 0.538. The molecule has 0 bridgehead atoms. The molecule has 3 N–H and O–H groups in total. The lowest BCUT2D eigenvalue weighted by Gasteiger charge is -2.18. The van der Waals surface area contributed by atoms with Crippen molar-refractivity contribution in [1.29, 1.82) is 0 Å². The van der Waals surface area contributed by atoms with Crippen molar-refractivity contribution in [1.82, 2.24) is 10.3 Å². The second kappa shape index (κ2) is 5.82. The topological polar surface area (TPSA) is 71.2 Å². The van der Waals surface area contributed by atoms with E-state index in [9.17, 15) is 4.79 Å². The number of rotatable bonds is 4. The SMILES string of the molecule is CCNC(=O)c1cc(N2CCC(CN)C2)ccn1. The van der Waals surface area contributed by atoms with Gasteiger partial charge in [-0.3, -0.25) is 9.78 Å². The van der Waals surface area contributed by atoms with Gasteiger partial charge in [-0.2, -0.15) is 0 Å². The Morgan fingerprint density at radius 2 is 2.50 bits per heavy atom. The van der Waals surface area contributed by atoms with Crippen molar-refractivity contribution in [2.24, 2.45) is 11.7 Å². The number of anilines is 1. The van der Waals surface area contributed by atoms with Gasteiger partial charge < -0.3 is 16.0 Å². The Morgan fingerprint density at radius 1 is 1.67 bits per heavy atom. The molecule has 1 aliphatic heterocycles. The van der Waals surface area contributed by atoms with Crippen LogP contribution in [0, 0.1) is 5.92 Å². The molecule has 1 aliphatic rings. The highest BCUT2D eigenvalue weighted by atomic mass is 16.1. The smallest absolute Gasteiger partial charge is 0.269 e. The molecule has 1 amide bonds. The first-order valence-electron chi connectivity index (χ1n) is 6.44. The molecule has 1 aromatic rings. The van der Waals surface area contributed by atoms with E-state index in [0.29, 0.717) is 18.2 Å². The molecule has 0 aliphatic carbocycles. The molecular formula is C13H20N4O. The Morgan fingerprint density at radius 3 is 3.17 bits per heavy atom. The van der Waals surface area contributed by atoms with E-state index in [2.05, 4.69) is 15.2 Å². The molecule has 2 heterocycles. The van der Waals surface area contributed by atoms with Gasteiger partial charge in [-0.25, -0.2) is 0 Å². The third-order valence-electron chi connectivity index (χ3n) is 3.30. The molecule has 18 heavy (non-hydrogen) atoms. The fourth-order valence-corrected chi connectivity index (χ4v) is 2.25. The minimum atomic E-state index is -0.117. The Kier molecular flexibility index (Phi) is 4.15. The van der Waals surface area contributed by atoms with Crippen LogP contribution in [-0.4, -0.2) is 37.1 Å². The summed E-state index contributed by atoms with van der Waals surface area (Å²) < 4.78 is 0. The molecule has 0 radical (unpaired) electrons. The molecule has 0 saturated carbocycles. The lowest BCUT2D eigenvalue weighted by molar-refractivity contribution is 0.0951. The van der Waals surface area contributed by atoms with Crippen molar-refractivity contribution in [3.8, 4) is 0 Å². The molecule has 1 atom stereocenters. The predicted molar refractivity (Wildman–Crippen MR) is 71.6 cm³/mol. The summed E-state index contributed by atoms with van der Waals surface area (Å²) in [6.07, 6.45) is 2.81. The molecule has 5 nitrogen and oxygen atoms in total. The maximum absolute atomic E-state index is 11.7. The van der Waals surface area contributed by atoms with E-state index in [1.54, 1.807) is 6.20 Å². The molecule has 1 unspecified atom stereocenters. The number of pyridine rings is 1. The molecule has 98 valence electrons. The van der Waals surface area contributed by atoms with Crippen LogP contribution in [-0.2, 0) is 0 Å². The maximum atomic E-state index is 11.7. The van der Waals surface area contributed by atoms with E-state index in [1.165, 1.54) is 0 Å². The Hall–Kier alpha value is -1.62. The van der Waals surface area contributed by atoms with Crippen LogP contribution in [0.5, 0.6) is 0 Å². The van der Waals surface area contributed by atoms with Gasteiger partial charge >= 0.3 is 0 Å². The highest BCUT2D eigenvalue weighted by Gasteiger charge is 2.22. The third-order valence-corrected chi connectivity index (χ3v) is 3.30. The van der Waals surface area contributed by atoms with Gasteiger partial charge in [0.25, 0.3) is 5.91 Å². The first-order valence-corrected chi connectivity index (χ1v) is 6.44. The quantitative estimate of drug-likeness (QED) is 0.819. The Bertz CT molecular complexity index is 421. The van der Waals surface area contributed by atoms with Gasteiger partial charge in [0.2, 0.25) is 0 Å². The summed E-state index contributed by atoms with van der Waals surface area (Å²) in [5.74, 6) is 0.444. The second-order valence-electron chi connectivity index (χ2n) is 4.60. The first-order chi connectivity index (χ1) is 8.74.